The van der Waals surface area contributed by atoms with E-state index in [0.717, 1.165) is 116 Å². The molecule has 0 aliphatic carbocycles. The maximum atomic E-state index is 13.1. The number of aliphatic carboxylic acids is 1. The lowest BCUT2D eigenvalue weighted by molar-refractivity contribution is -0.301. The van der Waals surface area contributed by atoms with Crippen LogP contribution in [-0.4, -0.2) is 89.2 Å². The Morgan fingerprint density at radius 1 is 0.442 bits per heavy atom. The number of carboxylic acid groups (broad SMARTS) is 1. The summed E-state index contributed by atoms with van der Waals surface area (Å²) >= 11 is 0. The predicted molar refractivity (Wildman–Crippen MR) is 312 cm³/mol. The molecule has 3 N–H and O–H groups in total. The van der Waals surface area contributed by atoms with Gasteiger partial charge in [0.25, 0.3) is 0 Å². The van der Waals surface area contributed by atoms with Gasteiger partial charge in [-0.25, -0.2) is 4.79 Å². The number of aliphatic hydroxyl groups excluding tert-OH is 2. The van der Waals surface area contributed by atoms with Crippen molar-refractivity contribution < 1.29 is 58.2 Å². The van der Waals surface area contributed by atoms with Crippen LogP contribution in [0.2, 0.25) is 0 Å². The highest BCUT2D eigenvalue weighted by Gasteiger charge is 2.50. The molecule has 0 spiro atoms. The van der Waals surface area contributed by atoms with Crippen LogP contribution in [-0.2, 0) is 42.9 Å². The molecule has 1 fully saturated rings. The van der Waals surface area contributed by atoms with Gasteiger partial charge in [0.1, 0.15) is 18.8 Å². The molecular formula is C65H108O12. The molecule has 0 aromatic rings. The maximum absolute atomic E-state index is 13.1. The van der Waals surface area contributed by atoms with Gasteiger partial charge in [-0.15, -0.1) is 0 Å². The first-order valence-electron chi connectivity index (χ1n) is 30.6. The number of unbranched alkanes of at least 4 members (excludes halogenated alkanes) is 23. The van der Waals surface area contributed by atoms with Gasteiger partial charge in [0, 0.05) is 19.3 Å². The molecule has 0 radical (unpaired) electrons. The molecule has 12 nitrogen and oxygen atoms in total. The van der Waals surface area contributed by atoms with E-state index < -0.39 is 67.3 Å². The number of rotatable bonds is 51. The lowest BCUT2D eigenvalue weighted by Crippen LogP contribution is -2.61. The number of carboxylic acids is 1. The molecule has 1 saturated heterocycles. The summed E-state index contributed by atoms with van der Waals surface area (Å²) in [5.41, 5.74) is 0. The third kappa shape index (κ3) is 42.5. The Morgan fingerprint density at radius 3 is 1.31 bits per heavy atom. The standard InChI is InChI=1S/C65H108O12/c1-4-7-10-13-16-19-22-25-27-28-29-30-32-35-38-41-44-47-50-53-59(68)76-63-61(70)60(69)62(64(71)72)77-65(63)74-55-56(75-58(67)52-49-46-43-40-37-33-24-21-18-15-12-9-6-3)54-73-57(66)51-48-45-42-39-36-34-31-26-23-20-17-14-11-8-5-2/h8,11,16-17,19-21,24-27,31,36,39,56,60-63,65,69-70H,4-7,9-10,12-15,18,22-23,28-30,32-35,37-38,40-55H2,1-3H3,(H,71,72)/b11-8-,19-16-,20-17-,24-21-,27-25-,31-26-,39-36-. The first-order chi connectivity index (χ1) is 37.6. The zero-order valence-electron chi connectivity index (χ0n) is 48.4. The van der Waals surface area contributed by atoms with E-state index in [1.165, 1.54) is 77.0 Å². The van der Waals surface area contributed by atoms with E-state index in [2.05, 4.69) is 106 Å². The van der Waals surface area contributed by atoms with E-state index in [1.807, 2.05) is 0 Å². The van der Waals surface area contributed by atoms with Gasteiger partial charge in [0.05, 0.1) is 6.61 Å². The molecule has 6 atom stereocenters. The van der Waals surface area contributed by atoms with Crippen LogP contribution in [0, 0.1) is 0 Å². The minimum atomic E-state index is -1.91. The average molecular weight is 1080 g/mol. The fourth-order valence-corrected chi connectivity index (χ4v) is 8.74. The summed E-state index contributed by atoms with van der Waals surface area (Å²) < 4.78 is 28.4. The average Bonchev–Trinajstić information content (AvgIpc) is 3.42. The summed E-state index contributed by atoms with van der Waals surface area (Å²) in [7, 11) is 0. The van der Waals surface area contributed by atoms with Crippen molar-refractivity contribution in [2.75, 3.05) is 13.2 Å². The Bertz CT molecular complexity index is 1660. The second-order valence-corrected chi connectivity index (χ2v) is 20.6. The second kappa shape index (κ2) is 52.6. The van der Waals surface area contributed by atoms with E-state index >= 15 is 0 Å². The Labute approximate surface area is 467 Å². The Balaban J connectivity index is 2.69. The van der Waals surface area contributed by atoms with Gasteiger partial charge in [0.15, 0.2) is 24.6 Å². The number of carbonyl (C=O) groups excluding carboxylic acids is 3. The monoisotopic (exact) mass is 1080 g/mol. The smallest absolute Gasteiger partial charge is 0.335 e. The largest absolute Gasteiger partial charge is 0.479 e. The van der Waals surface area contributed by atoms with Crippen molar-refractivity contribution in [3.8, 4) is 0 Å². The summed E-state index contributed by atoms with van der Waals surface area (Å²) in [4.78, 5) is 51.2. The minimum absolute atomic E-state index is 0.0480. The molecule has 6 unspecified atom stereocenters. The number of hydrogen-bond donors (Lipinski definition) is 3. The van der Waals surface area contributed by atoms with Crippen molar-refractivity contribution in [1.29, 1.82) is 0 Å². The fraction of sp³-hybridized carbons (Fsp3) is 0.723. The molecule has 1 rings (SSSR count). The Hall–Kier alpha value is -4.10. The molecule has 0 aromatic carbocycles. The van der Waals surface area contributed by atoms with Gasteiger partial charge in [-0.2, -0.15) is 0 Å². The number of carbonyl (C=O) groups is 4. The van der Waals surface area contributed by atoms with Crippen molar-refractivity contribution >= 4 is 23.9 Å². The normalized spacial score (nSPS) is 18.6. The van der Waals surface area contributed by atoms with Gasteiger partial charge in [0.2, 0.25) is 0 Å². The molecule has 0 bridgehead atoms. The summed E-state index contributed by atoms with van der Waals surface area (Å²) in [6.07, 6.45) is 55.5. The SMILES string of the molecule is CC/C=C\C/C=C\C/C=C\C/C=C\CCCCC(=O)OCC(COC1OC(C(=O)O)C(O)C(O)C1OC(=O)CCCCCCCCCCC/C=C\C/C=C\CCCCC)OC(=O)CCCCCCC/C=C\CCCCCC. The second-order valence-electron chi connectivity index (χ2n) is 20.6. The first-order valence-corrected chi connectivity index (χ1v) is 30.6. The van der Waals surface area contributed by atoms with Crippen LogP contribution >= 0.6 is 0 Å². The lowest BCUT2D eigenvalue weighted by atomic mass is 9.98. The van der Waals surface area contributed by atoms with Crippen LogP contribution in [0.3, 0.4) is 0 Å². The highest BCUT2D eigenvalue weighted by Crippen LogP contribution is 2.26. The van der Waals surface area contributed by atoms with Gasteiger partial charge < -0.3 is 39.0 Å². The summed E-state index contributed by atoms with van der Waals surface area (Å²) in [6.45, 7) is 5.80. The first kappa shape index (κ1) is 70.9. The van der Waals surface area contributed by atoms with Gasteiger partial charge in [-0.1, -0.05) is 202 Å². The van der Waals surface area contributed by atoms with Crippen molar-refractivity contribution in [2.24, 2.45) is 0 Å². The van der Waals surface area contributed by atoms with Crippen molar-refractivity contribution in [1.82, 2.24) is 0 Å². The van der Waals surface area contributed by atoms with Crippen molar-refractivity contribution in [3.63, 3.8) is 0 Å². The molecular weight excluding hydrogens is 973 g/mol. The number of allylic oxidation sites excluding steroid dienone is 14. The van der Waals surface area contributed by atoms with E-state index in [0.29, 0.717) is 19.3 Å². The van der Waals surface area contributed by atoms with Crippen LogP contribution < -0.4 is 0 Å². The van der Waals surface area contributed by atoms with E-state index in [1.54, 1.807) is 0 Å². The topological polar surface area (TPSA) is 175 Å². The minimum Gasteiger partial charge on any atom is -0.479 e. The van der Waals surface area contributed by atoms with Gasteiger partial charge in [-0.05, 0) is 116 Å². The molecule has 440 valence electrons. The zero-order chi connectivity index (χ0) is 56.1. The van der Waals surface area contributed by atoms with Gasteiger partial charge >= 0.3 is 23.9 Å². The summed E-state index contributed by atoms with van der Waals surface area (Å²) in [6, 6.07) is 0. The third-order valence-corrected chi connectivity index (χ3v) is 13.4. The lowest BCUT2D eigenvalue weighted by Gasteiger charge is -2.40. The number of aliphatic hydroxyl groups is 2. The summed E-state index contributed by atoms with van der Waals surface area (Å²) in [5, 5.41) is 31.5. The van der Waals surface area contributed by atoms with Crippen molar-refractivity contribution in [2.45, 2.75) is 289 Å². The van der Waals surface area contributed by atoms with Crippen LogP contribution in [0.15, 0.2) is 85.1 Å². The van der Waals surface area contributed by atoms with E-state index in [-0.39, 0.29) is 25.9 Å². The van der Waals surface area contributed by atoms with E-state index in [9.17, 15) is 34.5 Å². The van der Waals surface area contributed by atoms with E-state index in [4.69, 9.17) is 23.7 Å². The molecule has 1 aliphatic heterocycles. The molecule has 0 aromatic heterocycles. The number of hydrogen-bond acceptors (Lipinski definition) is 11. The van der Waals surface area contributed by atoms with Crippen molar-refractivity contribution in [3.05, 3.63) is 85.1 Å². The van der Waals surface area contributed by atoms with Crippen LogP contribution in [0.25, 0.3) is 0 Å². The third-order valence-electron chi connectivity index (χ3n) is 13.4. The number of esters is 3. The zero-order valence-corrected chi connectivity index (χ0v) is 48.4. The Kier molecular flexibility index (Phi) is 48.4. The predicted octanol–water partition coefficient (Wildman–Crippen LogP) is 15.9. The summed E-state index contributed by atoms with van der Waals surface area (Å²) in [5.74, 6) is -3.19. The number of ether oxygens (including phenoxy) is 5. The molecule has 77 heavy (non-hydrogen) atoms. The molecule has 1 aliphatic rings. The Morgan fingerprint density at radius 2 is 0.818 bits per heavy atom. The van der Waals surface area contributed by atoms with Crippen LogP contribution in [0.4, 0.5) is 0 Å². The molecule has 0 saturated carbocycles. The maximum Gasteiger partial charge on any atom is 0.335 e. The fourth-order valence-electron chi connectivity index (χ4n) is 8.74. The quantitative estimate of drug-likeness (QED) is 0.0228. The highest BCUT2D eigenvalue weighted by molar-refractivity contribution is 5.74. The molecule has 0 amide bonds. The van der Waals surface area contributed by atoms with Crippen LogP contribution in [0.5, 0.6) is 0 Å². The van der Waals surface area contributed by atoms with Gasteiger partial charge in [-0.3, -0.25) is 14.4 Å². The molecule has 1 heterocycles. The van der Waals surface area contributed by atoms with Crippen LogP contribution in [0.1, 0.15) is 252 Å². The molecule has 12 heteroatoms. The highest BCUT2D eigenvalue weighted by atomic mass is 16.7.